The van der Waals surface area contributed by atoms with E-state index in [9.17, 15) is 4.79 Å². The summed E-state index contributed by atoms with van der Waals surface area (Å²) >= 11 is 0. The summed E-state index contributed by atoms with van der Waals surface area (Å²) in [7, 11) is 0. The predicted molar refractivity (Wildman–Crippen MR) is 72.6 cm³/mol. The Hall–Kier alpha value is -2.43. The highest BCUT2D eigenvalue weighted by atomic mass is 16.5. The van der Waals surface area contributed by atoms with E-state index in [1.807, 2.05) is 31.2 Å². The predicted octanol–water partition coefficient (Wildman–Crippen LogP) is 2.21. The minimum absolute atomic E-state index is 0.129. The molecule has 5 heteroatoms. The fourth-order valence-corrected chi connectivity index (χ4v) is 1.60. The largest absolute Gasteiger partial charge is 0.462 e. The summed E-state index contributed by atoms with van der Waals surface area (Å²) < 4.78 is 4.87. The van der Waals surface area contributed by atoms with Crippen LogP contribution in [0.1, 0.15) is 22.8 Å². The third-order valence-corrected chi connectivity index (χ3v) is 2.62. The number of carbonyl (C=O) groups is 1. The van der Waals surface area contributed by atoms with Crippen molar-refractivity contribution in [3.63, 3.8) is 0 Å². The molecule has 1 aromatic heterocycles. The first kappa shape index (κ1) is 13.0. The summed E-state index contributed by atoms with van der Waals surface area (Å²) in [5.41, 5.74) is 7.97. The number of benzene rings is 1. The van der Waals surface area contributed by atoms with Crippen molar-refractivity contribution >= 4 is 11.8 Å². The number of ether oxygens (including phenoxy) is 1. The molecule has 5 nitrogen and oxygen atoms in total. The molecule has 2 rings (SSSR count). The van der Waals surface area contributed by atoms with Gasteiger partial charge in [0.05, 0.1) is 6.61 Å². The molecule has 0 unspecified atom stereocenters. The van der Waals surface area contributed by atoms with Crippen LogP contribution in [0.15, 0.2) is 30.5 Å². The van der Waals surface area contributed by atoms with E-state index in [4.69, 9.17) is 10.5 Å². The molecule has 0 saturated carbocycles. The van der Waals surface area contributed by atoms with E-state index in [0.717, 1.165) is 11.1 Å². The molecule has 0 atom stereocenters. The molecule has 19 heavy (non-hydrogen) atoms. The van der Waals surface area contributed by atoms with Crippen LogP contribution in [-0.2, 0) is 4.74 Å². The average molecular weight is 257 g/mol. The standard InChI is InChI=1S/C14H15N3O2/c1-3-19-14(18)11-8-16-13(17-12(11)15)10-6-4-9(2)5-7-10/h4-8H,3H2,1-2H3,(H2,15,16,17). The Morgan fingerprint density at radius 2 is 2.00 bits per heavy atom. The van der Waals surface area contributed by atoms with Crippen LogP contribution in [0.2, 0.25) is 0 Å². The van der Waals surface area contributed by atoms with Crippen LogP contribution >= 0.6 is 0 Å². The normalized spacial score (nSPS) is 10.2. The van der Waals surface area contributed by atoms with E-state index >= 15 is 0 Å². The summed E-state index contributed by atoms with van der Waals surface area (Å²) in [6.45, 7) is 4.02. The van der Waals surface area contributed by atoms with Crippen LogP contribution in [0.3, 0.4) is 0 Å². The molecule has 98 valence electrons. The topological polar surface area (TPSA) is 78.1 Å². The first-order valence-corrected chi connectivity index (χ1v) is 5.98. The second-order valence-electron chi connectivity index (χ2n) is 4.08. The highest BCUT2D eigenvalue weighted by molar-refractivity contribution is 5.94. The lowest BCUT2D eigenvalue weighted by Gasteiger charge is -2.06. The fraction of sp³-hybridized carbons (Fsp3) is 0.214. The van der Waals surface area contributed by atoms with Crippen molar-refractivity contribution in [1.82, 2.24) is 9.97 Å². The zero-order chi connectivity index (χ0) is 13.8. The molecule has 0 spiro atoms. The minimum atomic E-state index is -0.504. The molecule has 0 aliphatic heterocycles. The van der Waals surface area contributed by atoms with Crippen molar-refractivity contribution in [3.8, 4) is 11.4 Å². The van der Waals surface area contributed by atoms with E-state index in [0.29, 0.717) is 5.82 Å². The summed E-state index contributed by atoms with van der Waals surface area (Å²) in [4.78, 5) is 19.9. The van der Waals surface area contributed by atoms with Crippen LogP contribution in [0.4, 0.5) is 5.82 Å². The Kier molecular flexibility index (Phi) is 3.75. The maximum absolute atomic E-state index is 11.6. The van der Waals surface area contributed by atoms with Gasteiger partial charge in [0.25, 0.3) is 0 Å². The van der Waals surface area contributed by atoms with Crippen molar-refractivity contribution in [2.24, 2.45) is 0 Å². The van der Waals surface area contributed by atoms with Gasteiger partial charge in [0, 0.05) is 11.8 Å². The van der Waals surface area contributed by atoms with E-state index < -0.39 is 5.97 Å². The number of esters is 1. The lowest BCUT2D eigenvalue weighted by atomic mass is 10.1. The van der Waals surface area contributed by atoms with Gasteiger partial charge in [-0.25, -0.2) is 14.8 Å². The average Bonchev–Trinajstić information content (AvgIpc) is 2.39. The first-order valence-electron chi connectivity index (χ1n) is 5.98. The number of carbonyl (C=O) groups excluding carboxylic acids is 1. The molecule has 0 aliphatic rings. The van der Waals surface area contributed by atoms with Crippen LogP contribution in [-0.4, -0.2) is 22.5 Å². The van der Waals surface area contributed by atoms with Crippen molar-refractivity contribution in [3.05, 3.63) is 41.6 Å². The third-order valence-electron chi connectivity index (χ3n) is 2.62. The molecule has 0 fully saturated rings. The number of rotatable bonds is 3. The second-order valence-corrected chi connectivity index (χ2v) is 4.08. The lowest BCUT2D eigenvalue weighted by molar-refractivity contribution is 0.0527. The molecule has 2 N–H and O–H groups in total. The Morgan fingerprint density at radius 3 is 2.58 bits per heavy atom. The van der Waals surface area contributed by atoms with Gasteiger partial charge < -0.3 is 10.5 Å². The van der Waals surface area contributed by atoms with Gasteiger partial charge in [-0.1, -0.05) is 29.8 Å². The number of nitrogen functional groups attached to an aromatic ring is 1. The molecular formula is C14H15N3O2. The Bertz CT molecular complexity index is 594. The SMILES string of the molecule is CCOC(=O)c1cnc(-c2ccc(C)cc2)nc1N. The van der Waals surface area contributed by atoms with Crippen LogP contribution in [0.25, 0.3) is 11.4 Å². The van der Waals surface area contributed by atoms with E-state index in [2.05, 4.69) is 9.97 Å². The molecular weight excluding hydrogens is 242 g/mol. The van der Waals surface area contributed by atoms with Crippen LogP contribution in [0, 0.1) is 6.92 Å². The van der Waals surface area contributed by atoms with Crippen LogP contribution in [0.5, 0.6) is 0 Å². The summed E-state index contributed by atoms with van der Waals surface area (Å²) in [5, 5.41) is 0. The van der Waals surface area contributed by atoms with Gasteiger partial charge in [-0.05, 0) is 13.8 Å². The van der Waals surface area contributed by atoms with Gasteiger partial charge in [0.2, 0.25) is 0 Å². The Labute approximate surface area is 111 Å². The maximum Gasteiger partial charge on any atom is 0.343 e. The van der Waals surface area contributed by atoms with Gasteiger partial charge in [0.1, 0.15) is 11.4 Å². The zero-order valence-electron chi connectivity index (χ0n) is 10.9. The van der Waals surface area contributed by atoms with E-state index in [-0.39, 0.29) is 18.0 Å². The van der Waals surface area contributed by atoms with Crippen LogP contribution < -0.4 is 5.73 Å². The monoisotopic (exact) mass is 257 g/mol. The Morgan fingerprint density at radius 1 is 1.32 bits per heavy atom. The van der Waals surface area contributed by atoms with Crippen molar-refractivity contribution < 1.29 is 9.53 Å². The number of aryl methyl sites for hydroxylation is 1. The zero-order valence-corrected chi connectivity index (χ0v) is 10.9. The Balaban J connectivity index is 2.33. The van der Waals surface area contributed by atoms with E-state index in [1.165, 1.54) is 6.20 Å². The maximum atomic E-state index is 11.6. The highest BCUT2D eigenvalue weighted by Crippen LogP contribution is 2.18. The molecule has 0 bridgehead atoms. The number of aromatic nitrogens is 2. The number of anilines is 1. The van der Waals surface area contributed by atoms with Gasteiger partial charge >= 0.3 is 5.97 Å². The number of hydrogen-bond donors (Lipinski definition) is 1. The molecule has 0 radical (unpaired) electrons. The molecule has 1 heterocycles. The van der Waals surface area contributed by atoms with E-state index in [1.54, 1.807) is 6.92 Å². The first-order chi connectivity index (χ1) is 9.11. The summed E-state index contributed by atoms with van der Waals surface area (Å²) in [6.07, 6.45) is 1.40. The quantitative estimate of drug-likeness (QED) is 0.853. The molecule has 0 aliphatic carbocycles. The summed E-state index contributed by atoms with van der Waals surface area (Å²) in [6, 6.07) is 7.75. The summed E-state index contributed by atoms with van der Waals surface area (Å²) in [5.74, 6) is 0.116. The van der Waals surface area contributed by atoms with Crippen molar-refractivity contribution in [2.45, 2.75) is 13.8 Å². The second kappa shape index (κ2) is 5.48. The molecule has 0 amide bonds. The fourth-order valence-electron chi connectivity index (χ4n) is 1.60. The molecule has 0 saturated heterocycles. The van der Waals surface area contributed by atoms with Crippen molar-refractivity contribution in [2.75, 3.05) is 12.3 Å². The third kappa shape index (κ3) is 2.88. The minimum Gasteiger partial charge on any atom is -0.462 e. The van der Waals surface area contributed by atoms with Gasteiger partial charge in [0.15, 0.2) is 5.82 Å². The number of hydrogen-bond acceptors (Lipinski definition) is 5. The highest BCUT2D eigenvalue weighted by Gasteiger charge is 2.14. The number of nitrogens with zero attached hydrogens (tertiary/aromatic N) is 2. The lowest BCUT2D eigenvalue weighted by Crippen LogP contribution is -2.10. The van der Waals surface area contributed by atoms with Gasteiger partial charge in [-0.2, -0.15) is 0 Å². The number of nitrogens with two attached hydrogens (primary N) is 1. The van der Waals surface area contributed by atoms with Crippen molar-refractivity contribution in [1.29, 1.82) is 0 Å². The van der Waals surface area contributed by atoms with Gasteiger partial charge in [-0.3, -0.25) is 0 Å². The van der Waals surface area contributed by atoms with Gasteiger partial charge in [-0.15, -0.1) is 0 Å². The molecule has 1 aromatic carbocycles. The molecule has 2 aromatic rings. The smallest absolute Gasteiger partial charge is 0.343 e.